The van der Waals surface area contributed by atoms with E-state index in [-0.39, 0.29) is 0 Å². The first-order valence-electron chi connectivity index (χ1n) is 5.92. The van der Waals surface area contributed by atoms with Crippen molar-refractivity contribution in [3.8, 4) is 0 Å². The van der Waals surface area contributed by atoms with E-state index in [1.54, 1.807) is 7.11 Å². The first-order chi connectivity index (χ1) is 7.65. The fourth-order valence-electron chi connectivity index (χ4n) is 1.68. The Morgan fingerprint density at radius 2 is 2.00 bits per heavy atom. The minimum absolute atomic E-state index is 0.552. The van der Waals surface area contributed by atoms with E-state index in [2.05, 4.69) is 44.3 Å². The number of rotatable bonds is 6. The van der Waals surface area contributed by atoms with Crippen LogP contribution in [0.1, 0.15) is 29.5 Å². The third kappa shape index (κ3) is 3.95. The molecule has 1 unspecified atom stereocenters. The first kappa shape index (κ1) is 13.2. The molecule has 0 aliphatic carbocycles. The molecule has 1 aromatic carbocycles. The van der Waals surface area contributed by atoms with Crippen molar-refractivity contribution < 1.29 is 4.74 Å². The lowest BCUT2D eigenvalue weighted by Crippen LogP contribution is -2.23. The molecule has 0 aliphatic heterocycles. The van der Waals surface area contributed by atoms with Crippen molar-refractivity contribution in [2.75, 3.05) is 26.8 Å². The molecule has 0 bridgehead atoms. The predicted molar refractivity (Wildman–Crippen MR) is 69.1 cm³/mol. The molecule has 0 spiro atoms. The SMILES string of the molecule is COCCNCC(C)c1ccc(C)c(C)c1. The van der Waals surface area contributed by atoms with Gasteiger partial charge in [0, 0.05) is 20.2 Å². The van der Waals surface area contributed by atoms with Gasteiger partial charge in [-0.2, -0.15) is 0 Å². The van der Waals surface area contributed by atoms with Crippen molar-refractivity contribution in [3.05, 3.63) is 34.9 Å². The zero-order valence-electron chi connectivity index (χ0n) is 10.8. The normalized spacial score (nSPS) is 12.8. The summed E-state index contributed by atoms with van der Waals surface area (Å²) in [4.78, 5) is 0. The molecule has 0 saturated heterocycles. The molecule has 16 heavy (non-hydrogen) atoms. The Bertz CT molecular complexity index is 323. The molecule has 1 aromatic rings. The zero-order chi connectivity index (χ0) is 12.0. The van der Waals surface area contributed by atoms with E-state index in [4.69, 9.17) is 4.74 Å². The summed E-state index contributed by atoms with van der Waals surface area (Å²) in [6.45, 7) is 9.28. The topological polar surface area (TPSA) is 21.3 Å². The molecule has 0 aliphatic rings. The standard InChI is InChI=1S/C14H23NO/c1-11-5-6-14(9-12(11)2)13(3)10-15-7-8-16-4/h5-6,9,13,15H,7-8,10H2,1-4H3. The third-order valence-electron chi connectivity index (χ3n) is 3.03. The van der Waals surface area contributed by atoms with Gasteiger partial charge in [0.05, 0.1) is 6.61 Å². The van der Waals surface area contributed by atoms with Gasteiger partial charge >= 0.3 is 0 Å². The van der Waals surface area contributed by atoms with Gasteiger partial charge in [0.25, 0.3) is 0 Å². The van der Waals surface area contributed by atoms with Crippen LogP contribution in [0.15, 0.2) is 18.2 Å². The maximum atomic E-state index is 5.00. The van der Waals surface area contributed by atoms with Crippen LogP contribution in [0.25, 0.3) is 0 Å². The second-order valence-corrected chi connectivity index (χ2v) is 4.44. The van der Waals surface area contributed by atoms with Gasteiger partial charge in [-0.3, -0.25) is 0 Å². The van der Waals surface area contributed by atoms with Crippen LogP contribution in [0.5, 0.6) is 0 Å². The second-order valence-electron chi connectivity index (χ2n) is 4.44. The van der Waals surface area contributed by atoms with Crippen LogP contribution in [-0.2, 0) is 4.74 Å². The lowest BCUT2D eigenvalue weighted by atomic mass is 9.97. The minimum Gasteiger partial charge on any atom is -0.383 e. The largest absolute Gasteiger partial charge is 0.383 e. The number of methoxy groups -OCH3 is 1. The Labute approximate surface area is 99.0 Å². The van der Waals surface area contributed by atoms with Crippen LogP contribution in [-0.4, -0.2) is 26.8 Å². The molecule has 0 amide bonds. The number of hydrogen-bond acceptors (Lipinski definition) is 2. The summed E-state index contributed by atoms with van der Waals surface area (Å²) in [5.41, 5.74) is 4.15. The highest BCUT2D eigenvalue weighted by molar-refractivity contribution is 5.31. The number of benzene rings is 1. The summed E-state index contributed by atoms with van der Waals surface area (Å²) >= 11 is 0. The van der Waals surface area contributed by atoms with E-state index < -0.39 is 0 Å². The molecule has 2 nitrogen and oxygen atoms in total. The molecule has 0 heterocycles. The summed E-state index contributed by atoms with van der Waals surface area (Å²) in [7, 11) is 1.73. The lowest BCUT2D eigenvalue weighted by molar-refractivity contribution is 0.199. The smallest absolute Gasteiger partial charge is 0.0587 e. The third-order valence-corrected chi connectivity index (χ3v) is 3.03. The number of ether oxygens (including phenoxy) is 1. The molecular formula is C14H23NO. The molecule has 1 rings (SSSR count). The Balaban J connectivity index is 2.46. The fourth-order valence-corrected chi connectivity index (χ4v) is 1.68. The molecule has 0 aromatic heterocycles. The molecule has 1 N–H and O–H groups in total. The van der Waals surface area contributed by atoms with E-state index >= 15 is 0 Å². The molecule has 0 saturated carbocycles. The van der Waals surface area contributed by atoms with E-state index in [0.29, 0.717) is 5.92 Å². The second kappa shape index (κ2) is 6.66. The minimum atomic E-state index is 0.552. The highest BCUT2D eigenvalue weighted by Gasteiger charge is 2.05. The number of hydrogen-bond donors (Lipinski definition) is 1. The van der Waals surface area contributed by atoms with Crippen LogP contribution in [0.4, 0.5) is 0 Å². The highest BCUT2D eigenvalue weighted by atomic mass is 16.5. The number of aryl methyl sites for hydroxylation is 2. The summed E-state index contributed by atoms with van der Waals surface area (Å²) < 4.78 is 5.00. The van der Waals surface area contributed by atoms with Crippen molar-refractivity contribution in [2.24, 2.45) is 0 Å². The maximum Gasteiger partial charge on any atom is 0.0587 e. The van der Waals surface area contributed by atoms with Gasteiger partial charge in [-0.25, -0.2) is 0 Å². The van der Waals surface area contributed by atoms with Gasteiger partial charge in [0.15, 0.2) is 0 Å². The van der Waals surface area contributed by atoms with Crippen LogP contribution in [0, 0.1) is 13.8 Å². The van der Waals surface area contributed by atoms with Crippen molar-refractivity contribution in [1.29, 1.82) is 0 Å². The molecule has 2 heteroatoms. The summed E-state index contributed by atoms with van der Waals surface area (Å²) in [6.07, 6.45) is 0. The van der Waals surface area contributed by atoms with Gasteiger partial charge < -0.3 is 10.1 Å². The molecular weight excluding hydrogens is 198 g/mol. The van der Waals surface area contributed by atoms with Gasteiger partial charge in [-0.15, -0.1) is 0 Å². The van der Waals surface area contributed by atoms with Crippen LogP contribution in [0.3, 0.4) is 0 Å². The highest BCUT2D eigenvalue weighted by Crippen LogP contribution is 2.17. The van der Waals surface area contributed by atoms with Crippen molar-refractivity contribution in [1.82, 2.24) is 5.32 Å². The Morgan fingerprint density at radius 3 is 2.62 bits per heavy atom. The monoisotopic (exact) mass is 221 g/mol. The van der Waals surface area contributed by atoms with Crippen LogP contribution >= 0.6 is 0 Å². The quantitative estimate of drug-likeness (QED) is 0.746. The summed E-state index contributed by atoms with van der Waals surface area (Å²) in [5, 5.41) is 3.39. The van der Waals surface area contributed by atoms with Crippen molar-refractivity contribution in [2.45, 2.75) is 26.7 Å². The van der Waals surface area contributed by atoms with Crippen molar-refractivity contribution in [3.63, 3.8) is 0 Å². The molecule has 90 valence electrons. The number of nitrogens with one attached hydrogen (secondary N) is 1. The Hall–Kier alpha value is -0.860. The van der Waals surface area contributed by atoms with Gasteiger partial charge in [-0.05, 0) is 36.5 Å². The van der Waals surface area contributed by atoms with Crippen LogP contribution in [0.2, 0.25) is 0 Å². The Morgan fingerprint density at radius 1 is 1.25 bits per heavy atom. The van der Waals surface area contributed by atoms with Gasteiger partial charge in [0.2, 0.25) is 0 Å². The fraction of sp³-hybridized carbons (Fsp3) is 0.571. The molecule has 0 radical (unpaired) electrons. The maximum absolute atomic E-state index is 5.00. The van der Waals surface area contributed by atoms with Crippen molar-refractivity contribution >= 4 is 0 Å². The summed E-state index contributed by atoms with van der Waals surface area (Å²) in [5.74, 6) is 0.552. The van der Waals surface area contributed by atoms with E-state index in [0.717, 1.165) is 19.7 Å². The predicted octanol–water partition coefficient (Wildman–Crippen LogP) is 2.64. The first-order valence-corrected chi connectivity index (χ1v) is 5.92. The van der Waals surface area contributed by atoms with Gasteiger partial charge in [-0.1, -0.05) is 25.1 Å². The molecule has 0 fully saturated rings. The van der Waals surface area contributed by atoms with E-state index in [1.165, 1.54) is 16.7 Å². The Kier molecular flexibility index (Phi) is 5.50. The lowest BCUT2D eigenvalue weighted by Gasteiger charge is -2.14. The van der Waals surface area contributed by atoms with E-state index in [9.17, 15) is 0 Å². The van der Waals surface area contributed by atoms with Gasteiger partial charge in [0.1, 0.15) is 0 Å². The molecule has 1 atom stereocenters. The average Bonchev–Trinajstić information content (AvgIpc) is 2.28. The van der Waals surface area contributed by atoms with Crippen LogP contribution < -0.4 is 5.32 Å². The summed E-state index contributed by atoms with van der Waals surface area (Å²) in [6, 6.07) is 6.72. The van der Waals surface area contributed by atoms with E-state index in [1.807, 2.05) is 0 Å². The zero-order valence-corrected chi connectivity index (χ0v) is 10.8. The average molecular weight is 221 g/mol.